The van der Waals surface area contributed by atoms with Gasteiger partial charge in [0, 0.05) is 24.1 Å². The van der Waals surface area contributed by atoms with Crippen LogP contribution in [-0.4, -0.2) is 27.5 Å². The zero-order valence-corrected chi connectivity index (χ0v) is 16.4. The quantitative estimate of drug-likeness (QED) is 0.549. The van der Waals surface area contributed by atoms with Crippen molar-refractivity contribution >= 4 is 34.7 Å². The molecule has 2 heterocycles. The number of aromatic hydroxyl groups is 1. The number of hydrogen-bond acceptors (Lipinski definition) is 6. The fourth-order valence-electron chi connectivity index (χ4n) is 3.40. The Labute approximate surface area is 175 Å². The van der Waals surface area contributed by atoms with E-state index in [4.69, 9.17) is 0 Å². The van der Waals surface area contributed by atoms with Gasteiger partial charge in [0.1, 0.15) is 11.3 Å². The molecule has 1 aliphatic rings. The van der Waals surface area contributed by atoms with E-state index in [2.05, 4.69) is 20.6 Å². The summed E-state index contributed by atoms with van der Waals surface area (Å²) in [5, 5.41) is 15.8. The van der Waals surface area contributed by atoms with Crippen molar-refractivity contribution in [1.82, 2.24) is 9.97 Å². The number of rotatable bonds is 5. The van der Waals surface area contributed by atoms with Crippen molar-refractivity contribution < 1.29 is 23.1 Å². The van der Waals surface area contributed by atoms with Crippen LogP contribution in [0.5, 0.6) is 5.75 Å². The number of benzene rings is 2. The monoisotopic (exact) mass is 429 g/mol. The highest BCUT2D eigenvalue weighted by Gasteiger charge is 2.37. The van der Waals surface area contributed by atoms with Gasteiger partial charge >= 0.3 is 6.18 Å². The van der Waals surface area contributed by atoms with Crippen LogP contribution in [0.25, 0.3) is 0 Å². The SMILES string of the molecule is CCN(c1ccccc1O)c1nc(Nc2ccc3c(c2)CC(=O)N3)ncc1C(F)(F)F. The summed E-state index contributed by atoms with van der Waals surface area (Å²) in [6.07, 6.45) is -3.75. The van der Waals surface area contributed by atoms with Crippen molar-refractivity contribution in [2.24, 2.45) is 0 Å². The molecule has 4 rings (SSSR count). The van der Waals surface area contributed by atoms with E-state index in [-0.39, 0.29) is 42.1 Å². The second kappa shape index (κ2) is 7.78. The Bertz CT molecular complexity index is 1150. The summed E-state index contributed by atoms with van der Waals surface area (Å²) in [6.45, 7) is 1.79. The summed E-state index contributed by atoms with van der Waals surface area (Å²) < 4.78 is 41.0. The molecule has 2 aromatic carbocycles. The molecule has 0 unspecified atom stereocenters. The number of phenolic OH excluding ortho intramolecular Hbond substituents is 1. The van der Waals surface area contributed by atoms with Crippen LogP contribution in [0.1, 0.15) is 18.1 Å². The number of nitrogens with one attached hydrogen (secondary N) is 2. The second-order valence-electron chi connectivity index (χ2n) is 6.88. The van der Waals surface area contributed by atoms with Crippen LogP contribution >= 0.6 is 0 Å². The topological polar surface area (TPSA) is 90.4 Å². The number of nitrogens with zero attached hydrogens (tertiary/aromatic N) is 3. The maximum atomic E-state index is 13.7. The minimum Gasteiger partial charge on any atom is -0.506 e. The third-order valence-electron chi connectivity index (χ3n) is 4.80. The average molecular weight is 429 g/mol. The number of carbonyl (C=O) groups is 1. The molecule has 0 saturated carbocycles. The molecule has 0 bridgehead atoms. The van der Waals surface area contributed by atoms with E-state index < -0.39 is 11.7 Å². The molecule has 3 N–H and O–H groups in total. The summed E-state index contributed by atoms with van der Waals surface area (Å²) in [6, 6.07) is 11.2. The zero-order valence-electron chi connectivity index (χ0n) is 16.4. The van der Waals surface area contributed by atoms with Crippen LogP contribution in [0.3, 0.4) is 0 Å². The fraction of sp³-hybridized carbons (Fsp3) is 0.190. The van der Waals surface area contributed by atoms with Crippen molar-refractivity contribution in [2.75, 3.05) is 22.1 Å². The number of aromatic nitrogens is 2. The van der Waals surface area contributed by atoms with Crippen LogP contribution < -0.4 is 15.5 Å². The number of para-hydroxylation sites is 2. The van der Waals surface area contributed by atoms with Gasteiger partial charge in [-0.3, -0.25) is 4.79 Å². The lowest BCUT2D eigenvalue weighted by molar-refractivity contribution is -0.137. The largest absolute Gasteiger partial charge is 0.506 e. The summed E-state index contributed by atoms with van der Waals surface area (Å²) in [5.74, 6) is -0.719. The molecule has 0 fully saturated rings. The van der Waals surface area contributed by atoms with E-state index >= 15 is 0 Å². The third-order valence-corrected chi connectivity index (χ3v) is 4.80. The summed E-state index contributed by atoms with van der Waals surface area (Å²) in [7, 11) is 0. The average Bonchev–Trinajstić information content (AvgIpc) is 3.08. The normalized spacial score (nSPS) is 13.0. The molecule has 0 atom stereocenters. The van der Waals surface area contributed by atoms with Crippen molar-refractivity contribution in [3.05, 3.63) is 59.8 Å². The number of amides is 1. The van der Waals surface area contributed by atoms with Crippen LogP contribution in [0.4, 0.5) is 42.0 Å². The summed E-state index contributed by atoms with van der Waals surface area (Å²) in [4.78, 5) is 20.8. The molecule has 0 aliphatic carbocycles. The first-order valence-electron chi connectivity index (χ1n) is 9.46. The van der Waals surface area contributed by atoms with Gasteiger partial charge in [0.05, 0.1) is 12.1 Å². The predicted octanol–water partition coefficient (Wildman–Crippen LogP) is 4.60. The molecule has 1 aromatic heterocycles. The standard InChI is InChI=1S/C21H18F3N5O2/c1-2-29(16-5-3-4-6-17(16)30)19-14(21(22,23)24)11-25-20(28-19)26-13-7-8-15-12(9-13)10-18(31)27-15/h3-9,11,30H,2,10H2,1H3,(H,27,31)(H,25,26,28). The number of anilines is 5. The molecule has 160 valence electrons. The van der Waals surface area contributed by atoms with E-state index in [0.29, 0.717) is 17.6 Å². The Balaban J connectivity index is 1.74. The lowest BCUT2D eigenvalue weighted by atomic mass is 10.1. The number of carbonyl (C=O) groups excluding carboxylic acids is 1. The van der Waals surface area contributed by atoms with Gasteiger partial charge in [0.25, 0.3) is 0 Å². The van der Waals surface area contributed by atoms with Crippen LogP contribution in [0.2, 0.25) is 0 Å². The van der Waals surface area contributed by atoms with Crippen LogP contribution in [-0.2, 0) is 17.4 Å². The molecule has 3 aromatic rings. The van der Waals surface area contributed by atoms with E-state index in [0.717, 1.165) is 5.56 Å². The number of hydrogen-bond donors (Lipinski definition) is 3. The van der Waals surface area contributed by atoms with Gasteiger partial charge in [-0.2, -0.15) is 18.2 Å². The van der Waals surface area contributed by atoms with E-state index in [9.17, 15) is 23.1 Å². The maximum Gasteiger partial charge on any atom is 0.421 e. The van der Waals surface area contributed by atoms with Gasteiger partial charge in [0.2, 0.25) is 11.9 Å². The second-order valence-corrected chi connectivity index (χ2v) is 6.88. The molecule has 0 spiro atoms. The Hall–Kier alpha value is -3.82. The zero-order chi connectivity index (χ0) is 22.2. The Kier molecular flexibility index (Phi) is 5.14. The maximum absolute atomic E-state index is 13.7. The molecule has 0 radical (unpaired) electrons. The van der Waals surface area contributed by atoms with E-state index in [1.54, 1.807) is 37.3 Å². The molecular weight excluding hydrogens is 411 g/mol. The van der Waals surface area contributed by atoms with Gasteiger partial charge in [-0.25, -0.2) is 4.98 Å². The van der Waals surface area contributed by atoms with Crippen molar-refractivity contribution in [2.45, 2.75) is 19.5 Å². The smallest absolute Gasteiger partial charge is 0.421 e. The minimum atomic E-state index is -4.69. The molecule has 31 heavy (non-hydrogen) atoms. The third kappa shape index (κ3) is 4.09. The predicted molar refractivity (Wildman–Crippen MR) is 110 cm³/mol. The molecule has 7 nitrogen and oxygen atoms in total. The minimum absolute atomic E-state index is 0.0471. The van der Waals surface area contributed by atoms with E-state index in [1.165, 1.54) is 17.0 Å². The molecule has 1 aliphatic heterocycles. The van der Waals surface area contributed by atoms with Crippen molar-refractivity contribution in [3.63, 3.8) is 0 Å². The Morgan fingerprint density at radius 3 is 2.71 bits per heavy atom. The first-order valence-corrected chi connectivity index (χ1v) is 9.46. The summed E-state index contributed by atoms with van der Waals surface area (Å²) in [5.41, 5.74) is 1.17. The van der Waals surface area contributed by atoms with Gasteiger partial charge in [-0.15, -0.1) is 0 Å². The lowest BCUT2D eigenvalue weighted by Gasteiger charge is -2.26. The van der Waals surface area contributed by atoms with Gasteiger partial charge < -0.3 is 20.6 Å². The lowest BCUT2D eigenvalue weighted by Crippen LogP contribution is -2.23. The van der Waals surface area contributed by atoms with Gasteiger partial charge in [-0.1, -0.05) is 12.1 Å². The molecular formula is C21H18F3N5O2. The highest BCUT2D eigenvalue weighted by Crippen LogP contribution is 2.40. The van der Waals surface area contributed by atoms with Crippen LogP contribution in [0, 0.1) is 0 Å². The van der Waals surface area contributed by atoms with Gasteiger partial charge in [-0.05, 0) is 42.8 Å². The first-order chi connectivity index (χ1) is 14.8. The molecule has 10 heteroatoms. The summed E-state index contributed by atoms with van der Waals surface area (Å²) >= 11 is 0. The molecule has 0 saturated heterocycles. The number of alkyl halides is 3. The molecule has 1 amide bonds. The Morgan fingerprint density at radius 2 is 2.00 bits per heavy atom. The number of phenols is 1. The van der Waals surface area contributed by atoms with Crippen LogP contribution in [0.15, 0.2) is 48.7 Å². The highest BCUT2D eigenvalue weighted by molar-refractivity contribution is 5.99. The fourth-order valence-corrected chi connectivity index (χ4v) is 3.40. The highest BCUT2D eigenvalue weighted by atomic mass is 19.4. The van der Waals surface area contributed by atoms with Crippen molar-refractivity contribution in [3.8, 4) is 5.75 Å². The Morgan fingerprint density at radius 1 is 1.23 bits per heavy atom. The van der Waals surface area contributed by atoms with Crippen molar-refractivity contribution in [1.29, 1.82) is 0 Å². The van der Waals surface area contributed by atoms with Gasteiger partial charge in [0.15, 0.2) is 5.82 Å². The first kappa shape index (κ1) is 20.5. The number of halogens is 3. The number of fused-ring (bicyclic) bond motifs is 1. The van der Waals surface area contributed by atoms with E-state index in [1.807, 2.05) is 0 Å².